The van der Waals surface area contributed by atoms with Gasteiger partial charge in [0, 0.05) is 4.47 Å². The van der Waals surface area contributed by atoms with E-state index in [0.717, 1.165) is 4.31 Å². The van der Waals surface area contributed by atoms with Crippen molar-refractivity contribution >= 4 is 49.2 Å². The zero-order chi connectivity index (χ0) is 17.7. The highest BCUT2D eigenvalue weighted by molar-refractivity contribution is 9.10. The molecule has 0 saturated carbocycles. The maximum atomic E-state index is 12.9. The number of benzene rings is 2. The summed E-state index contributed by atoms with van der Waals surface area (Å²) in [6.45, 7) is 1.38. The van der Waals surface area contributed by atoms with Gasteiger partial charge in [0.1, 0.15) is 6.54 Å². The van der Waals surface area contributed by atoms with Crippen molar-refractivity contribution in [1.82, 2.24) is 0 Å². The Morgan fingerprint density at radius 1 is 1.21 bits per heavy atom. The van der Waals surface area contributed by atoms with Crippen LogP contribution < -0.4 is 4.31 Å². The normalized spacial score (nSPS) is 11.1. The number of ether oxygens (including phenoxy) is 1. The molecular formula is C16H15BrClNO4S. The van der Waals surface area contributed by atoms with E-state index in [1.54, 1.807) is 37.3 Å². The molecule has 2 aromatic carbocycles. The number of esters is 1. The molecule has 0 fully saturated rings. The summed E-state index contributed by atoms with van der Waals surface area (Å²) >= 11 is 9.33. The average molecular weight is 433 g/mol. The van der Waals surface area contributed by atoms with Gasteiger partial charge in [-0.2, -0.15) is 0 Å². The molecule has 0 bridgehead atoms. The Labute approximate surface area is 154 Å². The molecule has 8 heteroatoms. The van der Waals surface area contributed by atoms with Crippen LogP contribution in [0.4, 0.5) is 5.69 Å². The number of nitrogens with zero attached hydrogens (tertiary/aromatic N) is 1. The van der Waals surface area contributed by atoms with Crippen molar-refractivity contribution < 1.29 is 17.9 Å². The van der Waals surface area contributed by atoms with Crippen molar-refractivity contribution in [3.05, 3.63) is 58.0 Å². The van der Waals surface area contributed by atoms with Gasteiger partial charge in [0.25, 0.3) is 10.0 Å². The second kappa shape index (κ2) is 8.00. The summed E-state index contributed by atoms with van der Waals surface area (Å²) in [6.07, 6.45) is 0. The fraction of sp³-hybridized carbons (Fsp3) is 0.188. The highest BCUT2D eigenvalue weighted by atomic mass is 79.9. The van der Waals surface area contributed by atoms with Gasteiger partial charge in [-0.25, -0.2) is 8.42 Å². The molecule has 5 nitrogen and oxygen atoms in total. The Morgan fingerprint density at radius 3 is 2.46 bits per heavy atom. The van der Waals surface area contributed by atoms with E-state index in [2.05, 4.69) is 15.9 Å². The molecule has 0 spiro atoms. The van der Waals surface area contributed by atoms with Crippen molar-refractivity contribution in [1.29, 1.82) is 0 Å². The third-order valence-electron chi connectivity index (χ3n) is 3.10. The molecule has 0 aliphatic rings. The molecule has 24 heavy (non-hydrogen) atoms. The van der Waals surface area contributed by atoms with E-state index in [1.165, 1.54) is 18.2 Å². The average Bonchev–Trinajstić information content (AvgIpc) is 2.56. The van der Waals surface area contributed by atoms with Gasteiger partial charge < -0.3 is 4.74 Å². The largest absolute Gasteiger partial charge is 0.465 e. The first kappa shape index (κ1) is 18.8. The lowest BCUT2D eigenvalue weighted by atomic mass is 10.3. The predicted molar refractivity (Wildman–Crippen MR) is 96.8 cm³/mol. The van der Waals surface area contributed by atoms with Gasteiger partial charge in [0.05, 0.1) is 22.2 Å². The number of halogens is 2. The molecule has 2 aromatic rings. The lowest BCUT2D eigenvalue weighted by molar-refractivity contribution is -0.141. The summed E-state index contributed by atoms with van der Waals surface area (Å²) in [4.78, 5) is 12.0. The molecule has 0 aromatic heterocycles. The lowest BCUT2D eigenvalue weighted by Gasteiger charge is -2.24. The standard InChI is InChI=1S/C16H15BrClNO4S/c1-2-23-16(20)11-19(12-8-9-14(17)15(18)10-12)24(21,22)13-6-4-3-5-7-13/h3-10H,2,11H2,1H3. The van der Waals surface area contributed by atoms with Gasteiger partial charge in [0.15, 0.2) is 0 Å². The highest BCUT2D eigenvalue weighted by Crippen LogP contribution is 2.30. The maximum Gasteiger partial charge on any atom is 0.326 e. The summed E-state index contributed by atoms with van der Waals surface area (Å²) in [5, 5.41) is 0.338. The van der Waals surface area contributed by atoms with Gasteiger partial charge in [-0.1, -0.05) is 29.8 Å². The first-order chi connectivity index (χ1) is 11.4. The molecule has 0 saturated heterocycles. The van der Waals surface area contributed by atoms with Crippen molar-refractivity contribution in [2.24, 2.45) is 0 Å². The Kier molecular flexibility index (Phi) is 6.26. The number of sulfonamides is 1. The SMILES string of the molecule is CCOC(=O)CN(c1ccc(Br)c(Cl)c1)S(=O)(=O)c1ccccc1. The summed E-state index contributed by atoms with van der Waals surface area (Å²) in [6, 6.07) is 12.5. The number of anilines is 1. The lowest BCUT2D eigenvalue weighted by Crippen LogP contribution is -2.36. The van der Waals surface area contributed by atoms with Crippen molar-refractivity contribution in [3.8, 4) is 0 Å². The Hall–Kier alpha value is -1.57. The van der Waals surface area contributed by atoms with Crippen LogP contribution >= 0.6 is 27.5 Å². The predicted octanol–water partition coefficient (Wildman–Crippen LogP) is 3.86. The second-order valence-corrected chi connectivity index (χ2v) is 7.85. The van der Waals surface area contributed by atoms with Gasteiger partial charge in [-0.05, 0) is 53.2 Å². The topological polar surface area (TPSA) is 63.7 Å². The summed E-state index contributed by atoms with van der Waals surface area (Å²) < 4.78 is 32.4. The molecule has 128 valence electrons. The molecule has 2 rings (SSSR count). The minimum Gasteiger partial charge on any atom is -0.465 e. The molecule has 0 atom stereocenters. The Balaban J connectivity index is 2.50. The Morgan fingerprint density at radius 2 is 1.88 bits per heavy atom. The number of rotatable bonds is 6. The van der Waals surface area contributed by atoms with E-state index < -0.39 is 22.5 Å². The van der Waals surface area contributed by atoms with Gasteiger partial charge in [0.2, 0.25) is 0 Å². The van der Waals surface area contributed by atoms with Crippen molar-refractivity contribution in [3.63, 3.8) is 0 Å². The first-order valence-electron chi connectivity index (χ1n) is 7.04. The number of hydrogen-bond acceptors (Lipinski definition) is 4. The van der Waals surface area contributed by atoms with E-state index in [9.17, 15) is 13.2 Å². The number of hydrogen-bond donors (Lipinski definition) is 0. The second-order valence-electron chi connectivity index (χ2n) is 4.73. The van der Waals surface area contributed by atoms with E-state index in [4.69, 9.17) is 16.3 Å². The molecule has 0 radical (unpaired) electrons. The third-order valence-corrected chi connectivity index (χ3v) is 6.12. The van der Waals surface area contributed by atoms with E-state index in [-0.39, 0.29) is 17.2 Å². The molecule has 0 amide bonds. The highest BCUT2D eigenvalue weighted by Gasteiger charge is 2.28. The first-order valence-corrected chi connectivity index (χ1v) is 9.66. The third kappa shape index (κ3) is 4.28. The van der Waals surface area contributed by atoms with Crippen LogP contribution in [-0.4, -0.2) is 27.5 Å². The van der Waals surface area contributed by atoms with Crippen LogP contribution in [0.15, 0.2) is 57.9 Å². The summed E-state index contributed by atoms with van der Waals surface area (Å²) in [7, 11) is -3.94. The van der Waals surface area contributed by atoms with Crippen LogP contribution in [0, 0.1) is 0 Å². The van der Waals surface area contributed by atoms with E-state index in [0.29, 0.717) is 9.50 Å². The number of carbonyl (C=O) groups is 1. The molecule has 0 N–H and O–H groups in total. The maximum absolute atomic E-state index is 12.9. The molecule has 0 heterocycles. The monoisotopic (exact) mass is 431 g/mol. The Bertz CT molecular complexity index is 827. The van der Waals surface area contributed by atoms with Crippen LogP contribution in [0.3, 0.4) is 0 Å². The fourth-order valence-electron chi connectivity index (χ4n) is 2.00. The van der Waals surface area contributed by atoms with Crippen LogP contribution in [0.25, 0.3) is 0 Å². The zero-order valence-electron chi connectivity index (χ0n) is 12.8. The van der Waals surface area contributed by atoms with Crippen molar-refractivity contribution in [2.75, 3.05) is 17.5 Å². The minimum atomic E-state index is -3.94. The fourth-order valence-corrected chi connectivity index (χ4v) is 3.84. The van der Waals surface area contributed by atoms with Gasteiger partial charge >= 0.3 is 5.97 Å². The van der Waals surface area contributed by atoms with Crippen LogP contribution in [0.2, 0.25) is 5.02 Å². The number of carbonyl (C=O) groups excluding carboxylic acids is 1. The smallest absolute Gasteiger partial charge is 0.326 e. The van der Waals surface area contributed by atoms with Gasteiger partial charge in [-0.3, -0.25) is 9.10 Å². The molecule has 0 aliphatic heterocycles. The van der Waals surface area contributed by atoms with Crippen LogP contribution in [0.5, 0.6) is 0 Å². The van der Waals surface area contributed by atoms with E-state index >= 15 is 0 Å². The zero-order valence-corrected chi connectivity index (χ0v) is 15.9. The van der Waals surface area contributed by atoms with Crippen LogP contribution in [0.1, 0.15) is 6.92 Å². The molecule has 0 aliphatic carbocycles. The quantitative estimate of drug-likeness (QED) is 0.650. The van der Waals surface area contributed by atoms with E-state index in [1.807, 2.05) is 0 Å². The molecular weight excluding hydrogens is 418 g/mol. The molecule has 0 unspecified atom stereocenters. The summed E-state index contributed by atoms with van der Waals surface area (Å²) in [5.41, 5.74) is 0.278. The van der Waals surface area contributed by atoms with Gasteiger partial charge in [-0.15, -0.1) is 0 Å². The minimum absolute atomic E-state index is 0.0772. The summed E-state index contributed by atoms with van der Waals surface area (Å²) in [5.74, 6) is -0.643. The van der Waals surface area contributed by atoms with Crippen LogP contribution in [-0.2, 0) is 19.6 Å². The van der Waals surface area contributed by atoms with Crippen molar-refractivity contribution in [2.45, 2.75) is 11.8 Å².